The van der Waals surface area contributed by atoms with Gasteiger partial charge in [-0.3, -0.25) is 4.98 Å². The lowest BCUT2D eigenvalue weighted by Gasteiger charge is -2.16. The average Bonchev–Trinajstić information content (AvgIpc) is 3.05. The zero-order valence-corrected chi connectivity index (χ0v) is 24.3. The lowest BCUT2D eigenvalue weighted by molar-refractivity contribution is 0.483. The highest BCUT2D eigenvalue weighted by Crippen LogP contribution is 2.38. The number of rotatable bonds is 6. The fourth-order valence-electron chi connectivity index (χ4n) is 5.93. The van der Waals surface area contributed by atoms with Crippen molar-refractivity contribution in [3.63, 3.8) is 0 Å². The molecule has 0 radical (unpaired) electrons. The third kappa shape index (κ3) is 5.43. The smallest absolute Gasteiger partial charge is 0.128 e. The Morgan fingerprint density at radius 3 is 1.84 bits per heavy atom. The summed E-state index contributed by atoms with van der Waals surface area (Å²) in [6, 6.07) is 50.8. The molecule has 7 aromatic rings. The molecule has 0 bridgehead atoms. The second kappa shape index (κ2) is 11.4. The second-order valence-electron chi connectivity index (χ2n) is 11.0. The number of aromatic nitrogens is 1. The van der Waals surface area contributed by atoms with Crippen LogP contribution in [0.4, 0.5) is 0 Å². The first-order chi connectivity index (χ1) is 21.1. The lowest BCUT2D eigenvalue weighted by atomic mass is 9.93. The molecule has 0 spiro atoms. The number of hydrogen-bond acceptors (Lipinski definition) is 2. The summed E-state index contributed by atoms with van der Waals surface area (Å²) in [6.45, 7) is 4.33. The average molecular weight is 554 g/mol. The Kier molecular flexibility index (Phi) is 7.02. The molecule has 2 heteroatoms. The van der Waals surface area contributed by atoms with E-state index in [1.807, 2.05) is 18.3 Å². The number of nitrogens with zero attached hydrogens (tertiary/aromatic N) is 1. The molecule has 0 aliphatic heterocycles. The Morgan fingerprint density at radius 2 is 1.05 bits per heavy atom. The van der Waals surface area contributed by atoms with Gasteiger partial charge in [0.25, 0.3) is 0 Å². The van der Waals surface area contributed by atoms with Crippen molar-refractivity contribution in [2.75, 3.05) is 0 Å². The zero-order chi connectivity index (χ0) is 29.2. The van der Waals surface area contributed by atoms with Gasteiger partial charge in [0.1, 0.15) is 11.5 Å². The number of aryl methyl sites for hydroxylation is 2. The molecule has 43 heavy (non-hydrogen) atoms. The van der Waals surface area contributed by atoms with Crippen LogP contribution in [0.25, 0.3) is 55.4 Å². The van der Waals surface area contributed by atoms with Crippen molar-refractivity contribution in [2.45, 2.75) is 13.8 Å². The van der Waals surface area contributed by atoms with Crippen molar-refractivity contribution in [3.05, 3.63) is 163 Å². The van der Waals surface area contributed by atoms with E-state index in [2.05, 4.69) is 147 Å². The largest absolute Gasteiger partial charge is 0.457 e. The molecule has 0 amide bonds. The van der Waals surface area contributed by atoms with Gasteiger partial charge < -0.3 is 4.74 Å². The quantitative estimate of drug-likeness (QED) is 0.204. The molecule has 0 fully saturated rings. The molecule has 2 nitrogen and oxygen atoms in total. The van der Waals surface area contributed by atoms with Gasteiger partial charge in [-0.25, -0.2) is 0 Å². The molecule has 0 atom stereocenters. The first-order valence-corrected chi connectivity index (χ1v) is 14.6. The van der Waals surface area contributed by atoms with Crippen LogP contribution < -0.4 is 4.74 Å². The Hall–Kier alpha value is -5.47. The van der Waals surface area contributed by atoms with Crippen LogP contribution in [0.2, 0.25) is 0 Å². The van der Waals surface area contributed by atoms with Crippen LogP contribution in [0.15, 0.2) is 152 Å². The van der Waals surface area contributed by atoms with Gasteiger partial charge in [0.05, 0.1) is 5.69 Å². The van der Waals surface area contributed by atoms with Crippen LogP contribution in [0.3, 0.4) is 0 Å². The van der Waals surface area contributed by atoms with E-state index < -0.39 is 0 Å². The van der Waals surface area contributed by atoms with Crippen molar-refractivity contribution in [1.29, 1.82) is 0 Å². The van der Waals surface area contributed by atoms with Gasteiger partial charge in [0.2, 0.25) is 0 Å². The maximum absolute atomic E-state index is 6.65. The molecule has 1 heterocycles. The van der Waals surface area contributed by atoms with Crippen LogP contribution in [0.5, 0.6) is 11.5 Å². The number of ether oxygens (including phenoxy) is 1. The molecule has 0 saturated heterocycles. The van der Waals surface area contributed by atoms with Gasteiger partial charge in [0, 0.05) is 17.1 Å². The van der Waals surface area contributed by atoms with Gasteiger partial charge in [-0.1, -0.05) is 109 Å². The van der Waals surface area contributed by atoms with Crippen LogP contribution in [-0.4, -0.2) is 4.98 Å². The summed E-state index contributed by atoms with van der Waals surface area (Å²) < 4.78 is 6.65. The Bertz CT molecular complexity index is 2060. The van der Waals surface area contributed by atoms with Crippen LogP contribution >= 0.6 is 0 Å². The Labute approximate surface area is 252 Å². The molecular weight excluding hydrogens is 522 g/mol. The molecule has 1 aromatic heterocycles. The highest BCUT2D eigenvalue weighted by atomic mass is 16.5. The standard InChI is InChI=1S/C41H31NO/c1-28-12-10-13-29(2)41(28)35-22-34(40-26-31-16-6-7-17-33(31)27-42-40)24-37(25-35)43-36-19-11-18-32(23-36)39-21-9-8-20-38(39)30-14-4-3-5-15-30/h3-27H,1-2H3. The third-order valence-electron chi connectivity index (χ3n) is 8.00. The number of benzene rings is 6. The van der Waals surface area contributed by atoms with E-state index >= 15 is 0 Å². The van der Waals surface area contributed by atoms with E-state index in [4.69, 9.17) is 9.72 Å². The molecule has 0 aliphatic rings. The van der Waals surface area contributed by atoms with Gasteiger partial charge in [-0.15, -0.1) is 0 Å². The number of fused-ring (bicyclic) bond motifs is 1. The first-order valence-electron chi connectivity index (χ1n) is 14.6. The highest BCUT2D eigenvalue weighted by molar-refractivity contribution is 5.87. The summed E-state index contributed by atoms with van der Waals surface area (Å²) >= 11 is 0. The van der Waals surface area contributed by atoms with Gasteiger partial charge in [-0.2, -0.15) is 0 Å². The van der Waals surface area contributed by atoms with Crippen LogP contribution in [-0.2, 0) is 0 Å². The second-order valence-corrected chi connectivity index (χ2v) is 11.0. The van der Waals surface area contributed by atoms with Crippen molar-refractivity contribution in [1.82, 2.24) is 4.98 Å². The Balaban J connectivity index is 1.32. The highest BCUT2D eigenvalue weighted by Gasteiger charge is 2.13. The normalized spacial score (nSPS) is 11.0. The maximum atomic E-state index is 6.65. The number of hydrogen-bond donors (Lipinski definition) is 0. The molecule has 7 rings (SSSR count). The topological polar surface area (TPSA) is 22.1 Å². The van der Waals surface area contributed by atoms with Crippen molar-refractivity contribution in [2.24, 2.45) is 0 Å². The minimum absolute atomic E-state index is 0.776. The fourth-order valence-corrected chi connectivity index (χ4v) is 5.93. The predicted molar refractivity (Wildman–Crippen MR) is 179 cm³/mol. The summed E-state index contributed by atoms with van der Waals surface area (Å²) in [7, 11) is 0. The first kappa shape index (κ1) is 26.4. The van der Waals surface area contributed by atoms with E-state index in [1.54, 1.807) is 0 Å². The number of pyridine rings is 1. The van der Waals surface area contributed by atoms with E-state index in [0.717, 1.165) is 44.7 Å². The maximum Gasteiger partial charge on any atom is 0.128 e. The summed E-state index contributed by atoms with van der Waals surface area (Å²) in [6.07, 6.45) is 1.95. The van der Waals surface area contributed by atoms with Gasteiger partial charge >= 0.3 is 0 Å². The lowest BCUT2D eigenvalue weighted by Crippen LogP contribution is -1.93. The molecule has 0 saturated carbocycles. The van der Waals surface area contributed by atoms with Gasteiger partial charge in [-0.05, 0) is 100 Å². The van der Waals surface area contributed by atoms with Crippen molar-refractivity contribution >= 4 is 10.8 Å². The molecule has 6 aromatic carbocycles. The zero-order valence-electron chi connectivity index (χ0n) is 24.3. The minimum atomic E-state index is 0.776. The van der Waals surface area contributed by atoms with E-state index in [1.165, 1.54) is 33.4 Å². The summed E-state index contributed by atoms with van der Waals surface area (Å²) in [5, 5.41) is 2.29. The monoisotopic (exact) mass is 553 g/mol. The summed E-state index contributed by atoms with van der Waals surface area (Å²) in [5.41, 5.74) is 11.4. The molecule has 0 N–H and O–H groups in total. The summed E-state index contributed by atoms with van der Waals surface area (Å²) in [4.78, 5) is 4.84. The fraction of sp³-hybridized carbons (Fsp3) is 0.0488. The SMILES string of the molecule is Cc1cccc(C)c1-c1cc(Oc2cccc(-c3ccccc3-c3ccccc3)c2)cc(-c2cc3ccccc3cn2)c1. The van der Waals surface area contributed by atoms with Crippen molar-refractivity contribution in [3.8, 4) is 56.1 Å². The Morgan fingerprint density at radius 1 is 0.442 bits per heavy atom. The van der Waals surface area contributed by atoms with Gasteiger partial charge in [0.15, 0.2) is 0 Å². The van der Waals surface area contributed by atoms with E-state index in [-0.39, 0.29) is 0 Å². The molecule has 0 aliphatic carbocycles. The van der Waals surface area contributed by atoms with E-state index in [0.29, 0.717) is 0 Å². The predicted octanol–water partition coefficient (Wildman–Crippen LogP) is 11.3. The molecule has 0 unspecified atom stereocenters. The third-order valence-corrected chi connectivity index (χ3v) is 8.00. The van der Waals surface area contributed by atoms with E-state index in [9.17, 15) is 0 Å². The minimum Gasteiger partial charge on any atom is -0.457 e. The van der Waals surface area contributed by atoms with Crippen LogP contribution in [0, 0.1) is 13.8 Å². The summed E-state index contributed by atoms with van der Waals surface area (Å²) in [5.74, 6) is 1.56. The molecule has 206 valence electrons. The van der Waals surface area contributed by atoms with Crippen molar-refractivity contribution < 1.29 is 4.74 Å². The van der Waals surface area contributed by atoms with Crippen LogP contribution in [0.1, 0.15) is 11.1 Å². The molecular formula is C41H31NO.